The van der Waals surface area contributed by atoms with E-state index in [9.17, 15) is 10.1 Å². The van der Waals surface area contributed by atoms with Crippen LogP contribution in [0.5, 0.6) is 11.5 Å². The average Bonchev–Trinajstić information content (AvgIpc) is 2.76. The quantitative estimate of drug-likeness (QED) is 0.613. The molecule has 116 valence electrons. The van der Waals surface area contributed by atoms with Crippen molar-refractivity contribution in [1.29, 1.82) is 0 Å². The van der Waals surface area contributed by atoms with Crippen LogP contribution in [0.3, 0.4) is 0 Å². The zero-order valence-electron chi connectivity index (χ0n) is 11.9. The van der Waals surface area contributed by atoms with Gasteiger partial charge in [0.1, 0.15) is 18.5 Å². The number of benzene rings is 1. The van der Waals surface area contributed by atoms with E-state index in [0.717, 1.165) is 0 Å². The first-order chi connectivity index (χ1) is 9.82. The van der Waals surface area contributed by atoms with Crippen LogP contribution >= 0.6 is 11.6 Å². The number of hydrogen-bond acceptors (Lipinski definition) is 6. The van der Waals surface area contributed by atoms with Gasteiger partial charge in [0.05, 0.1) is 23.7 Å². The van der Waals surface area contributed by atoms with Crippen LogP contribution in [0, 0.1) is 10.1 Å². The van der Waals surface area contributed by atoms with Gasteiger partial charge in [-0.15, -0.1) is 0 Å². The molecule has 1 fully saturated rings. The third-order valence-electron chi connectivity index (χ3n) is 2.92. The van der Waals surface area contributed by atoms with Crippen molar-refractivity contribution < 1.29 is 23.9 Å². The summed E-state index contributed by atoms with van der Waals surface area (Å²) in [5, 5.41) is 11.0. The van der Waals surface area contributed by atoms with Crippen LogP contribution in [0.1, 0.15) is 13.8 Å². The Morgan fingerprint density at radius 3 is 2.71 bits per heavy atom. The van der Waals surface area contributed by atoms with Crippen molar-refractivity contribution in [2.24, 2.45) is 0 Å². The first kappa shape index (κ1) is 15.8. The van der Waals surface area contributed by atoms with Crippen LogP contribution in [0.25, 0.3) is 0 Å². The smallest absolute Gasteiger partial charge is 0.312 e. The fourth-order valence-electron chi connectivity index (χ4n) is 1.97. The van der Waals surface area contributed by atoms with E-state index in [2.05, 4.69) is 0 Å². The molecule has 21 heavy (non-hydrogen) atoms. The highest BCUT2D eigenvalue weighted by Crippen LogP contribution is 2.37. The average molecular weight is 318 g/mol. The largest absolute Gasteiger partial charge is 0.490 e. The molecule has 0 unspecified atom stereocenters. The number of rotatable bonds is 5. The number of methoxy groups -OCH3 is 1. The molecule has 0 amide bonds. The van der Waals surface area contributed by atoms with Crippen molar-refractivity contribution in [2.75, 3.05) is 20.3 Å². The molecule has 1 heterocycles. The van der Waals surface area contributed by atoms with Crippen LogP contribution in [-0.4, -0.2) is 37.1 Å². The molecule has 0 aliphatic carbocycles. The van der Waals surface area contributed by atoms with Crippen LogP contribution < -0.4 is 9.47 Å². The third kappa shape index (κ3) is 3.75. The molecule has 1 aliphatic heterocycles. The van der Waals surface area contributed by atoms with Gasteiger partial charge in [-0.2, -0.15) is 0 Å². The van der Waals surface area contributed by atoms with Crippen LogP contribution in [0.15, 0.2) is 12.1 Å². The Balaban J connectivity index is 2.08. The second kappa shape index (κ2) is 6.05. The van der Waals surface area contributed by atoms with Gasteiger partial charge >= 0.3 is 5.69 Å². The fourth-order valence-corrected chi connectivity index (χ4v) is 2.18. The van der Waals surface area contributed by atoms with E-state index in [4.69, 9.17) is 30.5 Å². The highest BCUT2D eigenvalue weighted by atomic mass is 35.5. The summed E-state index contributed by atoms with van der Waals surface area (Å²) in [7, 11) is 1.34. The van der Waals surface area contributed by atoms with Gasteiger partial charge in [-0.25, -0.2) is 0 Å². The van der Waals surface area contributed by atoms with Crippen LogP contribution in [0.2, 0.25) is 5.02 Å². The number of nitro groups is 1. The monoisotopic (exact) mass is 317 g/mol. The summed E-state index contributed by atoms with van der Waals surface area (Å²) in [6.45, 7) is 4.27. The second-order valence-electron chi connectivity index (χ2n) is 4.97. The van der Waals surface area contributed by atoms with E-state index in [1.807, 2.05) is 13.8 Å². The van der Waals surface area contributed by atoms with Crippen molar-refractivity contribution in [2.45, 2.75) is 25.7 Å². The van der Waals surface area contributed by atoms with E-state index in [1.54, 1.807) is 0 Å². The molecule has 0 bridgehead atoms. The third-order valence-corrected chi connectivity index (χ3v) is 3.22. The normalized spacial score (nSPS) is 20.3. The molecule has 1 saturated heterocycles. The van der Waals surface area contributed by atoms with E-state index in [-0.39, 0.29) is 29.2 Å². The van der Waals surface area contributed by atoms with E-state index in [0.29, 0.717) is 12.4 Å². The van der Waals surface area contributed by atoms with Gasteiger partial charge < -0.3 is 18.9 Å². The van der Waals surface area contributed by atoms with Crippen LogP contribution in [0.4, 0.5) is 5.69 Å². The minimum Gasteiger partial charge on any atom is -0.490 e. The van der Waals surface area contributed by atoms with Crippen molar-refractivity contribution >= 4 is 17.3 Å². The molecule has 0 radical (unpaired) electrons. The molecule has 8 heteroatoms. The lowest BCUT2D eigenvalue weighted by Gasteiger charge is -2.17. The van der Waals surface area contributed by atoms with E-state index < -0.39 is 10.7 Å². The van der Waals surface area contributed by atoms with E-state index in [1.165, 1.54) is 19.2 Å². The summed E-state index contributed by atoms with van der Waals surface area (Å²) in [5.74, 6) is -0.249. The molecule has 1 atom stereocenters. The highest BCUT2D eigenvalue weighted by Gasteiger charge is 2.33. The number of hydrogen-bond donors (Lipinski definition) is 0. The van der Waals surface area contributed by atoms with Crippen LogP contribution in [-0.2, 0) is 9.47 Å². The molecule has 1 aromatic rings. The Bertz CT molecular complexity index is 548. The number of nitro benzene ring substituents is 1. The van der Waals surface area contributed by atoms with Crippen molar-refractivity contribution in [3.05, 3.63) is 27.3 Å². The summed E-state index contributed by atoms with van der Waals surface area (Å²) in [4.78, 5) is 10.3. The minimum absolute atomic E-state index is 0.0864. The van der Waals surface area contributed by atoms with Gasteiger partial charge in [-0.3, -0.25) is 10.1 Å². The summed E-state index contributed by atoms with van der Waals surface area (Å²) in [6, 6.07) is 2.59. The Morgan fingerprint density at radius 1 is 1.48 bits per heavy atom. The van der Waals surface area contributed by atoms with Crippen molar-refractivity contribution in [1.82, 2.24) is 0 Å². The second-order valence-corrected chi connectivity index (χ2v) is 5.38. The Hall–Kier alpha value is -1.57. The molecule has 7 nitrogen and oxygen atoms in total. The predicted octanol–water partition coefficient (Wildman–Crippen LogP) is 2.79. The topological polar surface area (TPSA) is 80.1 Å². The van der Waals surface area contributed by atoms with E-state index >= 15 is 0 Å². The van der Waals surface area contributed by atoms with Gasteiger partial charge in [0, 0.05) is 12.1 Å². The SMILES string of the molecule is COc1cc(OC[C@H]2COC(C)(C)O2)c(Cl)cc1[N+](=O)[O-]. The molecule has 0 spiro atoms. The molecule has 2 rings (SSSR count). The van der Waals surface area contributed by atoms with Gasteiger partial charge in [0.25, 0.3) is 0 Å². The first-order valence-electron chi connectivity index (χ1n) is 6.29. The lowest BCUT2D eigenvalue weighted by molar-refractivity contribution is -0.385. The molecule has 0 aromatic heterocycles. The van der Waals surface area contributed by atoms with Crippen molar-refractivity contribution in [3.8, 4) is 11.5 Å². The molecular formula is C13H16ClNO6. The summed E-state index contributed by atoms with van der Waals surface area (Å²) >= 11 is 5.99. The molecule has 1 aliphatic rings. The lowest BCUT2D eigenvalue weighted by atomic mass is 10.2. The number of ether oxygens (including phenoxy) is 4. The van der Waals surface area contributed by atoms with Crippen molar-refractivity contribution in [3.63, 3.8) is 0 Å². The summed E-state index contributed by atoms with van der Waals surface area (Å²) < 4.78 is 21.5. The van der Waals surface area contributed by atoms with Gasteiger partial charge in [0.15, 0.2) is 5.79 Å². The zero-order chi connectivity index (χ0) is 15.6. The molecular weight excluding hydrogens is 302 g/mol. The predicted molar refractivity (Wildman–Crippen MR) is 75.1 cm³/mol. The number of nitrogens with zero attached hydrogens (tertiary/aromatic N) is 1. The first-order valence-corrected chi connectivity index (χ1v) is 6.66. The maximum absolute atomic E-state index is 10.9. The summed E-state index contributed by atoms with van der Waals surface area (Å²) in [6.07, 6.45) is -0.225. The molecule has 0 saturated carbocycles. The summed E-state index contributed by atoms with van der Waals surface area (Å²) in [5.41, 5.74) is -0.212. The zero-order valence-corrected chi connectivity index (χ0v) is 12.7. The van der Waals surface area contributed by atoms with Gasteiger partial charge in [-0.1, -0.05) is 11.6 Å². The Labute approximate surface area is 126 Å². The fraction of sp³-hybridized carbons (Fsp3) is 0.538. The molecule has 0 N–H and O–H groups in total. The Kier molecular flexibility index (Phi) is 4.55. The highest BCUT2D eigenvalue weighted by molar-refractivity contribution is 6.32. The molecule has 1 aromatic carbocycles. The number of halogens is 1. The maximum Gasteiger partial charge on any atom is 0.312 e. The minimum atomic E-state index is -0.634. The van der Waals surface area contributed by atoms with Gasteiger partial charge in [-0.05, 0) is 13.8 Å². The van der Waals surface area contributed by atoms with Gasteiger partial charge in [0.2, 0.25) is 5.75 Å². The maximum atomic E-state index is 10.9. The lowest BCUT2D eigenvalue weighted by Crippen LogP contribution is -2.25. The standard InChI is InChI=1S/C13H16ClNO6/c1-13(2)20-7-8(21-13)6-19-11-5-12(18-3)10(15(16)17)4-9(11)14/h4-5,8H,6-7H2,1-3H3/t8-/m0/s1. The Morgan fingerprint density at radius 2 is 2.19 bits per heavy atom.